The van der Waals surface area contributed by atoms with Gasteiger partial charge < -0.3 is 9.63 Å². The molecule has 0 bridgehead atoms. The van der Waals surface area contributed by atoms with Crippen molar-refractivity contribution < 1.29 is 14.0 Å². The van der Waals surface area contributed by atoms with E-state index in [1.165, 1.54) is 43.9 Å². The number of phenolic OH excluding ortho intramolecular Hbond substituents is 1. The Bertz CT molecular complexity index is 589. The molecular weight excluding hydrogens is 259 g/mol. The third-order valence-corrected chi connectivity index (χ3v) is 3.85. The molecule has 0 unspecified atom stereocenters. The predicted octanol–water partition coefficient (Wildman–Crippen LogP) is 4.02. The maximum Gasteiger partial charge on any atom is 0.261 e. The Morgan fingerprint density at radius 2 is 1.90 bits per heavy atom. The van der Waals surface area contributed by atoms with E-state index in [2.05, 4.69) is 10.1 Å². The lowest BCUT2D eigenvalue weighted by molar-refractivity contribution is 0.406. The van der Waals surface area contributed by atoms with Crippen molar-refractivity contribution >= 4 is 0 Å². The Morgan fingerprint density at radius 1 is 1.15 bits per heavy atom. The van der Waals surface area contributed by atoms with Crippen molar-refractivity contribution in [3.05, 3.63) is 29.8 Å². The third-order valence-electron chi connectivity index (χ3n) is 3.85. The van der Waals surface area contributed by atoms with E-state index >= 15 is 0 Å². The summed E-state index contributed by atoms with van der Waals surface area (Å²) in [7, 11) is 0. The van der Waals surface area contributed by atoms with Crippen LogP contribution in [0, 0.1) is 5.82 Å². The lowest BCUT2D eigenvalue weighted by Gasteiger charge is -2.07. The normalized spacial score (nSPS) is 17.1. The molecule has 4 nitrogen and oxygen atoms in total. The fourth-order valence-electron chi connectivity index (χ4n) is 2.73. The van der Waals surface area contributed by atoms with Crippen LogP contribution in [0.2, 0.25) is 0 Å². The Labute approximate surface area is 116 Å². The number of benzene rings is 1. The molecule has 1 aliphatic carbocycles. The van der Waals surface area contributed by atoms with Gasteiger partial charge in [0.25, 0.3) is 5.89 Å². The molecule has 1 heterocycles. The molecule has 2 aromatic rings. The smallest absolute Gasteiger partial charge is 0.261 e. The molecule has 20 heavy (non-hydrogen) atoms. The van der Waals surface area contributed by atoms with E-state index in [1.54, 1.807) is 0 Å². The highest BCUT2D eigenvalue weighted by Gasteiger charge is 2.21. The quantitative estimate of drug-likeness (QED) is 0.842. The fourth-order valence-corrected chi connectivity index (χ4v) is 2.73. The first-order valence-electron chi connectivity index (χ1n) is 7.06. The fraction of sp³-hybridized carbons (Fsp3) is 0.467. The van der Waals surface area contributed by atoms with Gasteiger partial charge in [0.1, 0.15) is 11.6 Å². The number of hydrogen-bond acceptors (Lipinski definition) is 4. The number of hydrogen-bond donors (Lipinski definition) is 1. The van der Waals surface area contributed by atoms with Crippen molar-refractivity contribution in [2.45, 2.75) is 44.4 Å². The van der Waals surface area contributed by atoms with Crippen molar-refractivity contribution in [2.24, 2.45) is 0 Å². The van der Waals surface area contributed by atoms with E-state index in [0.29, 0.717) is 11.7 Å². The van der Waals surface area contributed by atoms with Crippen LogP contribution in [-0.4, -0.2) is 15.2 Å². The van der Waals surface area contributed by atoms with E-state index in [4.69, 9.17) is 4.52 Å². The zero-order valence-corrected chi connectivity index (χ0v) is 11.2. The Balaban J connectivity index is 1.87. The minimum atomic E-state index is -0.438. The first-order valence-corrected chi connectivity index (χ1v) is 7.06. The highest BCUT2D eigenvalue weighted by Crippen LogP contribution is 2.33. The van der Waals surface area contributed by atoms with Crippen LogP contribution in [0.1, 0.15) is 50.3 Å². The topological polar surface area (TPSA) is 59.2 Å². The molecule has 0 amide bonds. The van der Waals surface area contributed by atoms with Gasteiger partial charge in [-0.25, -0.2) is 4.39 Å². The molecule has 1 aliphatic rings. The first-order chi connectivity index (χ1) is 9.74. The van der Waals surface area contributed by atoms with Gasteiger partial charge >= 0.3 is 0 Å². The van der Waals surface area contributed by atoms with Crippen molar-refractivity contribution in [3.8, 4) is 17.2 Å². The van der Waals surface area contributed by atoms with Crippen LogP contribution in [0.15, 0.2) is 22.7 Å². The van der Waals surface area contributed by atoms with Crippen LogP contribution < -0.4 is 0 Å². The summed E-state index contributed by atoms with van der Waals surface area (Å²) in [6.07, 6.45) is 7.00. The molecule has 1 N–H and O–H groups in total. The van der Waals surface area contributed by atoms with Gasteiger partial charge in [-0.2, -0.15) is 4.98 Å². The highest BCUT2D eigenvalue weighted by molar-refractivity contribution is 5.61. The zero-order valence-electron chi connectivity index (χ0n) is 11.2. The molecule has 1 aromatic heterocycles. The summed E-state index contributed by atoms with van der Waals surface area (Å²) in [6.45, 7) is 0. The zero-order chi connectivity index (χ0) is 13.9. The number of aromatic hydroxyl groups is 1. The molecule has 1 saturated carbocycles. The van der Waals surface area contributed by atoms with Gasteiger partial charge in [-0.15, -0.1) is 0 Å². The molecule has 106 valence electrons. The van der Waals surface area contributed by atoms with Crippen LogP contribution in [0.5, 0.6) is 5.75 Å². The van der Waals surface area contributed by atoms with E-state index in [9.17, 15) is 9.50 Å². The van der Waals surface area contributed by atoms with E-state index in [1.807, 2.05) is 0 Å². The molecule has 0 aliphatic heterocycles. The molecule has 0 saturated heterocycles. The second-order valence-corrected chi connectivity index (χ2v) is 5.31. The predicted molar refractivity (Wildman–Crippen MR) is 71.8 cm³/mol. The standard InChI is InChI=1S/C15H17FN2O2/c16-11-7-8-13(19)12(9-11)15-17-14(18-20-15)10-5-3-1-2-4-6-10/h7-10,19H,1-6H2. The Morgan fingerprint density at radius 3 is 2.65 bits per heavy atom. The van der Waals surface area contributed by atoms with Crippen molar-refractivity contribution in [1.29, 1.82) is 0 Å². The van der Waals surface area contributed by atoms with Crippen LogP contribution in [-0.2, 0) is 0 Å². The van der Waals surface area contributed by atoms with Gasteiger partial charge in [-0.3, -0.25) is 0 Å². The average molecular weight is 276 g/mol. The number of aromatic nitrogens is 2. The van der Waals surface area contributed by atoms with Crippen molar-refractivity contribution in [3.63, 3.8) is 0 Å². The van der Waals surface area contributed by atoms with Gasteiger partial charge in [-0.05, 0) is 31.0 Å². The molecule has 5 heteroatoms. The number of halogens is 1. The lowest BCUT2D eigenvalue weighted by Crippen LogP contribution is -1.99. The van der Waals surface area contributed by atoms with E-state index in [-0.39, 0.29) is 17.2 Å². The van der Waals surface area contributed by atoms with Crippen LogP contribution in [0.3, 0.4) is 0 Å². The summed E-state index contributed by atoms with van der Waals surface area (Å²) in [5.41, 5.74) is 0.248. The summed E-state index contributed by atoms with van der Waals surface area (Å²) in [4.78, 5) is 4.34. The maximum atomic E-state index is 13.2. The Kier molecular flexibility index (Phi) is 3.67. The molecule has 0 radical (unpaired) electrons. The first kappa shape index (κ1) is 13.1. The monoisotopic (exact) mass is 276 g/mol. The maximum absolute atomic E-state index is 13.2. The number of rotatable bonds is 2. The van der Waals surface area contributed by atoms with E-state index in [0.717, 1.165) is 12.8 Å². The third kappa shape index (κ3) is 2.66. The van der Waals surface area contributed by atoms with Crippen LogP contribution >= 0.6 is 0 Å². The van der Waals surface area contributed by atoms with Crippen molar-refractivity contribution in [2.75, 3.05) is 0 Å². The molecule has 1 fully saturated rings. The minimum absolute atomic E-state index is 0.0533. The van der Waals surface area contributed by atoms with Gasteiger partial charge in [-0.1, -0.05) is 30.8 Å². The van der Waals surface area contributed by atoms with Gasteiger partial charge in [0.05, 0.1) is 5.56 Å². The second kappa shape index (κ2) is 5.61. The highest BCUT2D eigenvalue weighted by atomic mass is 19.1. The minimum Gasteiger partial charge on any atom is -0.507 e. The molecule has 1 aromatic carbocycles. The largest absolute Gasteiger partial charge is 0.507 e. The van der Waals surface area contributed by atoms with Gasteiger partial charge in [0.15, 0.2) is 5.82 Å². The Hall–Kier alpha value is -1.91. The van der Waals surface area contributed by atoms with Crippen LogP contribution in [0.25, 0.3) is 11.5 Å². The number of nitrogens with zero attached hydrogens (tertiary/aromatic N) is 2. The summed E-state index contributed by atoms with van der Waals surface area (Å²) in [6, 6.07) is 3.70. The summed E-state index contributed by atoms with van der Waals surface area (Å²) in [5, 5.41) is 13.8. The van der Waals surface area contributed by atoms with Gasteiger partial charge in [0, 0.05) is 5.92 Å². The number of phenols is 1. The molecular formula is C15H17FN2O2. The van der Waals surface area contributed by atoms with Gasteiger partial charge in [0.2, 0.25) is 0 Å². The van der Waals surface area contributed by atoms with Crippen LogP contribution in [0.4, 0.5) is 4.39 Å². The molecule has 3 rings (SSSR count). The summed E-state index contributed by atoms with van der Waals surface area (Å²) < 4.78 is 18.4. The average Bonchev–Trinajstić information content (AvgIpc) is 2.77. The SMILES string of the molecule is Oc1ccc(F)cc1-c1nc(C2CCCCCC2)no1. The summed E-state index contributed by atoms with van der Waals surface area (Å²) >= 11 is 0. The molecule has 0 atom stereocenters. The van der Waals surface area contributed by atoms with Crippen molar-refractivity contribution in [1.82, 2.24) is 10.1 Å². The van der Waals surface area contributed by atoms with E-state index < -0.39 is 5.82 Å². The second-order valence-electron chi connectivity index (χ2n) is 5.31. The molecule has 0 spiro atoms. The summed E-state index contributed by atoms with van der Waals surface area (Å²) in [5.74, 6) is 0.673. The lowest BCUT2D eigenvalue weighted by atomic mass is 10.00.